The lowest BCUT2D eigenvalue weighted by atomic mass is 9.94. The van der Waals surface area contributed by atoms with Crippen molar-refractivity contribution in [3.05, 3.63) is 101 Å². The average molecular weight is 406 g/mol. The third-order valence-corrected chi connectivity index (χ3v) is 5.47. The highest BCUT2D eigenvalue weighted by Gasteiger charge is 2.14. The van der Waals surface area contributed by atoms with Crippen molar-refractivity contribution < 1.29 is 9.66 Å². The zero-order valence-corrected chi connectivity index (χ0v) is 16.8. The molecule has 1 heterocycles. The van der Waals surface area contributed by atoms with Crippen LogP contribution in [-0.4, -0.2) is 17.0 Å². The summed E-state index contributed by atoms with van der Waals surface area (Å²) in [6.45, 7) is 0. The fraction of sp³-hybridized carbons (Fsp3) is 0.0385. The van der Waals surface area contributed by atoms with E-state index in [2.05, 4.69) is 24.3 Å². The Labute approximate surface area is 178 Å². The van der Waals surface area contributed by atoms with Gasteiger partial charge < -0.3 is 4.74 Å². The number of hydrogen-bond acceptors (Lipinski definition) is 4. The molecule has 5 rings (SSSR count). The van der Waals surface area contributed by atoms with E-state index in [0.717, 1.165) is 49.8 Å². The van der Waals surface area contributed by atoms with Gasteiger partial charge in [0.25, 0.3) is 5.69 Å². The molecule has 5 aromatic rings. The summed E-state index contributed by atoms with van der Waals surface area (Å²) in [4.78, 5) is 15.7. The minimum atomic E-state index is -0.382. The van der Waals surface area contributed by atoms with Crippen molar-refractivity contribution in [3.63, 3.8) is 0 Å². The molecule has 0 spiro atoms. The van der Waals surface area contributed by atoms with E-state index in [1.54, 1.807) is 31.4 Å². The second-order valence-corrected chi connectivity index (χ2v) is 7.27. The Morgan fingerprint density at radius 2 is 1.55 bits per heavy atom. The Morgan fingerprint density at radius 1 is 0.839 bits per heavy atom. The van der Waals surface area contributed by atoms with Gasteiger partial charge in [-0.3, -0.25) is 10.1 Å². The molecule has 0 fully saturated rings. The van der Waals surface area contributed by atoms with E-state index >= 15 is 0 Å². The Bertz CT molecular complexity index is 1430. The van der Waals surface area contributed by atoms with E-state index in [0.29, 0.717) is 0 Å². The molecule has 1 aromatic heterocycles. The molecule has 5 nitrogen and oxygen atoms in total. The molecule has 0 amide bonds. The monoisotopic (exact) mass is 406 g/mol. The first kappa shape index (κ1) is 18.8. The van der Waals surface area contributed by atoms with E-state index in [9.17, 15) is 10.1 Å². The third kappa shape index (κ3) is 3.36. The number of hydrogen-bond donors (Lipinski definition) is 0. The predicted molar refractivity (Wildman–Crippen MR) is 123 cm³/mol. The highest BCUT2D eigenvalue weighted by Crippen LogP contribution is 2.37. The second kappa shape index (κ2) is 7.54. The largest absolute Gasteiger partial charge is 0.497 e. The van der Waals surface area contributed by atoms with Crippen molar-refractivity contribution in [3.8, 4) is 28.1 Å². The first-order valence-corrected chi connectivity index (χ1v) is 9.86. The number of nitrogens with zero attached hydrogens (tertiary/aromatic N) is 2. The van der Waals surface area contributed by atoms with Crippen LogP contribution in [0.2, 0.25) is 0 Å². The van der Waals surface area contributed by atoms with Crippen LogP contribution in [0.4, 0.5) is 5.69 Å². The number of rotatable bonds is 4. The first-order valence-electron chi connectivity index (χ1n) is 9.86. The molecule has 0 saturated heterocycles. The van der Waals surface area contributed by atoms with Crippen molar-refractivity contribution in [2.24, 2.45) is 0 Å². The number of benzene rings is 4. The van der Waals surface area contributed by atoms with Crippen LogP contribution in [0.25, 0.3) is 44.1 Å². The Morgan fingerprint density at radius 3 is 2.26 bits per heavy atom. The van der Waals surface area contributed by atoms with Crippen LogP contribution in [0, 0.1) is 10.1 Å². The van der Waals surface area contributed by atoms with Crippen molar-refractivity contribution >= 4 is 27.4 Å². The highest BCUT2D eigenvalue weighted by atomic mass is 16.6. The number of nitro benzene ring substituents is 1. The maximum absolute atomic E-state index is 11.1. The van der Waals surface area contributed by atoms with Crippen LogP contribution in [0.3, 0.4) is 0 Å². The van der Waals surface area contributed by atoms with Crippen LogP contribution >= 0.6 is 0 Å². The smallest absolute Gasteiger partial charge is 0.269 e. The minimum absolute atomic E-state index is 0.0716. The summed E-state index contributed by atoms with van der Waals surface area (Å²) >= 11 is 0. The molecule has 150 valence electrons. The molecule has 0 atom stereocenters. The van der Waals surface area contributed by atoms with Crippen LogP contribution in [-0.2, 0) is 0 Å². The Hall–Kier alpha value is -4.25. The van der Waals surface area contributed by atoms with Gasteiger partial charge in [-0.25, -0.2) is 4.98 Å². The van der Waals surface area contributed by atoms with Gasteiger partial charge in [-0.2, -0.15) is 0 Å². The van der Waals surface area contributed by atoms with Crippen molar-refractivity contribution in [2.75, 3.05) is 7.11 Å². The summed E-state index contributed by atoms with van der Waals surface area (Å²) < 4.78 is 5.27. The number of pyridine rings is 1. The summed E-state index contributed by atoms with van der Waals surface area (Å²) in [7, 11) is 1.64. The topological polar surface area (TPSA) is 65.3 Å². The van der Waals surface area contributed by atoms with Gasteiger partial charge in [0.15, 0.2) is 0 Å². The Kier molecular flexibility index (Phi) is 4.56. The average Bonchev–Trinajstić information content (AvgIpc) is 2.83. The predicted octanol–water partition coefficient (Wildman–Crippen LogP) is 6.64. The molecule has 0 saturated carbocycles. The number of nitro groups is 1. The van der Waals surface area contributed by atoms with Gasteiger partial charge in [0, 0.05) is 23.1 Å². The van der Waals surface area contributed by atoms with Gasteiger partial charge in [-0.15, -0.1) is 0 Å². The van der Waals surface area contributed by atoms with E-state index in [1.807, 2.05) is 42.5 Å². The summed E-state index contributed by atoms with van der Waals surface area (Å²) in [5, 5.41) is 14.4. The minimum Gasteiger partial charge on any atom is -0.497 e. The van der Waals surface area contributed by atoms with Crippen molar-refractivity contribution in [2.45, 2.75) is 0 Å². The molecular weight excluding hydrogens is 388 g/mol. The number of non-ortho nitro benzene ring substituents is 1. The number of aromatic nitrogens is 1. The molecule has 0 aliphatic rings. The quantitative estimate of drug-likeness (QED) is 0.191. The maximum atomic E-state index is 11.1. The molecule has 31 heavy (non-hydrogen) atoms. The summed E-state index contributed by atoms with van der Waals surface area (Å²) in [6, 6.07) is 28.8. The molecule has 0 radical (unpaired) electrons. The van der Waals surface area contributed by atoms with Gasteiger partial charge in [-0.1, -0.05) is 30.3 Å². The van der Waals surface area contributed by atoms with Gasteiger partial charge >= 0.3 is 0 Å². The lowest BCUT2D eigenvalue weighted by Crippen LogP contribution is -1.92. The molecular formula is C26H18N2O3. The number of fused-ring (bicyclic) bond motifs is 3. The fourth-order valence-corrected chi connectivity index (χ4v) is 3.91. The first-order chi connectivity index (χ1) is 15.1. The molecule has 0 aliphatic carbocycles. The second-order valence-electron chi connectivity index (χ2n) is 7.27. The standard InChI is InChI=1S/C26H18N2O3/c1-31-21-13-8-19(9-14-21)25-16-23(18-6-11-20(12-7-18)28(29)30)26-22-5-3-2-4-17(22)10-15-24(26)27-25/h2-16H,1H3. The zero-order chi connectivity index (χ0) is 21.4. The number of methoxy groups -OCH3 is 1. The van der Waals surface area contributed by atoms with E-state index in [1.165, 1.54) is 0 Å². The van der Waals surface area contributed by atoms with Gasteiger partial charge in [-0.05, 0) is 70.4 Å². The van der Waals surface area contributed by atoms with E-state index < -0.39 is 0 Å². The van der Waals surface area contributed by atoms with Crippen LogP contribution in [0.15, 0.2) is 91.0 Å². The fourth-order valence-electron chi connectivity index (χ4n) is 3.91. The van der Waals surface area contributed by atoms with Crippen LogP contribution < -0.4 is 4.74 Å². The molecule has 5 heteroatoms. The lowest BCUT2D eigenvalue weighted by molar-refractivity contribution is -0.384. The zero-order valence-electron chi connectivity index (χ0n) is 16.8. The molecule has 0 unspecified atom stereocenters. The van der Waals surface area contributed by atoms with Gasteiger partial charge in [0.2, 0.25) is 0 Å². The molecule has 4 aromatic carbocycles. The maximum Gasteiger partial charge on any atom is 0.269 e. The van der Waals surface area contributed by atoms with Crippen molar-refractivity contribution in [1.29, 1.82) is 0 Å². The normalized spacial score (nSPS) is 11.0. The van der Waals surface area contributed by atoms with Gasteiger partial charge in [0.1, 0.15) is 5.75 Å². The lowest BCUT2D eigenvalue weighted by Gasteiger charge is -2.13. The SMILES string of the molecule is COc1ccc(-c2cc(-c3ccc([N+](=O)[O-])cc3)c3c(ccc4ccccc43)n2)cc1. The third-order valence-electron chi connectivity index (χ3n) is 5.47. The molecule has 0 bridgehead atoms. The van der Waals surface area contributed by atoms with Crippen molar-refractivity contribution in [1.82, 2.24) is 4.98 Å². The van der Waals surface area contributed by atoms with Crippen LogP contribution in [0.1, 0.15) is 0 Å². The highest BCUT2D eigenvalue weighted by molar-refractivity contribution is 6.13. The van der Waals surface area contributed by atoms with Gasteiger partial charge in [0.05, 0.1) is 23.2 Å². The van der Waals surface area contributed by atoms with Crippen LogP contribution in [0.5, 0.6) is 5.75 Å². The Balaban J connectivity index is 1.80. The summed E-state index contributed by atoms with van der Waals surface area (Å²) in [6.07, 6.45) is 0. The van der Waals surface area contributed by atoms with E-state index in [4.69, 9.17) is 9.72 Å². The summed E-state index contributed by atoms with van der Waals surface area (Å²) in [5.41, 5.74) is 4.65. The molecule has 0 N–H and O–H groups in total. The number of ether oxygens (including phenoxy) is 1. The van der Waals surface area contributed by atoms with E-state index in [-0.39, 0.29) is 10.6 Å². The molecule has 0 aliphatic heterocycles. The summed E-state index contributed by atoms with van der Waals surface area (Å²) in [5.74, 6) is 0.783.